The highest BCUT2D eigenvalue weighted by Crippen LogP contribution is 2.20. The molecule has 3 rings (SSSR count). The van der Waals surface area contributed by atoms with Crippen LogP contribution in [0.4, 0.5) is 0 Å². The lowest BCUT2D eigenvalue weighted by Crippen LogP contribution is -2.40. The normalized spacial score (nSPS) is 17.5. The summed E-state index contributed by atoms with van der Waals surface area (Å²) in [6.07, 6.45) is 0.434. The van der Waals surface area contributed by atoms with Crippen molar-refractivity contribution >= 4 is 21.7 Å². The molecule has 1 heterocycles. The van der Waals surface area contributed by atoms with E-state index in [-0.39, 0.29) is 36.0 Å². The monoisotopic (exact) mass is 416 g/mol. The van der Waals surface area contributed by atoms with Crippen molar-refractivity contribution in [3.63, 3.8) is 0 Å². The van der Waals surface area contributed by atoms with Crippen molar-refractivity contribution in [3.05, 3.63) is 65.7 Å². The zero-order valence-corrected chi connectivity index (χ0v) is 17.0. The zero-order chi connectivity index (χ0) is 20.9. The van der Waals surface area contributed by atoms with Gasteiger partial charge in [0.05, 0.1) is 17.1 Å². The number of nitrogens with zero attached hydrogens (tertiary/aromatic N) is 1. The summed E-state index contributed by atoms with van der Waals surface area (Å²) < 4.78 is 28.8. The molecule has 1 aliphatic rings. The Bertz CT molecular complexity index is 976. The molecule has 1 saturated heterocycles. The number of carbonyl (C=O) groups is 2. The van der Waals surface area contributed by atoms with Gasteiger partial charge in [-0.05, 0) is 24.1 Å². The van der Waals surface area contributed by atoms with Gasteiger partial charge in [-0.1, -0.05) is 42.5 Å². The van der Waals surface area contributed by atoms with E-state index in [1.807, 2.05) is 30.3 Å². The number of amides is 2. The van der Waals surface area contributed by atoms with Crippen LogP contribution in [-0.4, -0.2) is 56.3 Å². The highest BCUT2D eigenvalue weighted by Gasteiger charge is 2.32. The van der Waals surface area contributed by atoms with Gasteiger partial charge in [0.25, 0.3) is 11.8 Å². The number of nitrogens with one attached hydrogen (secondary N) is 1. The van der Waals surface area contributed by atoms with Crippen molar-refractivity contribution in [2.45, 2.75) is 19.0 Å². The molecule has 29 heavy (non-hydrogen) atoms. The highest BCUT2D eigenvalue weighted by molar-refractivity contribution is 7.91. The molecule has 0 bridgehead atoms. The average Bonchev–Trinajstić information content (AvgIpc) is 3.10. The largest absolute Gasteiger partial charge is 0.483 e. The number of rotatable bonds is 7. The summed E-state index contributed by atoms with van der Waals surface area (Å²) in [4.78, 5) is 26.4. The Morgan fingerprint density at radius 1 is 1.10 bits per heavy atom. The molecule has 2 amide bonds. The van der Waals surface area contributed by atoms with Crippen molar-refractivity contribution in [2.24, 2.45) is 0 Å². The molecule has 154 valence electrons. The third-order valence-corrected chi connectivity index (χ3v) is 6.68. The van der Waals surface area contributed by atoms with E-state index in [1.165, 1.54) is 4.90 Å². The zero-order valence-electron chi connectivity index (χ0n) is 16.2. The summed E-state index contributed by atoms with van der Waals surface area (Å²) in [7, 11) is -1.50. The lowest BCUT2D eigenvalue weighted by Gasteiger charge is -2.23. The van der Waals surface area contributed by atoms with Gasteiger partial charge in [-0.3, -0.25) is 9.59 Å². The molecule has 0 aliphatic carbocycles. The number of carbonyl (C=O) groups excluding carboxylic acids is 2. The van der Waals surface area contributed by atoms with Gasteiger partial charge >= 0.3 is 0 Å². The number of likely N-dealkylation sites (N-methyl/N-ethyl adjacent to an activating group) is 1. The molecule has 0 saturated carbocycles. The van der Waals surface area contributed by atoms with Crippen LogP contribution in [0, 0.1) is 0 Å². The fourth-order valence-electron chi connectivity index (χ4n) is 3.18. The minimum Gasteiger partial charge on any atom is -0.483 e. The summed E-state index contributed by atoms with van der Waals surface area (Å²) in [6.45, 7) is 0.113. The molecule has 1 fully saturated rings. The minimum atomic E-state index is -3.08. The average molecular weight is 416 g/mol. The Morgan fingerprint density at radius 2 is 1.79 bits per heavy atom. The maximum atomic E-state index is 12.5. The van der Waals surface area contributed by atoms with Crippen LogP contribution in [0.15, 0.2) is 54.6 Å². The van der Waals surface area contributed by atoms with E-state index in [4.69, 9.17) is 4.74 Å². The second kappa shape index (κ2) is 9.09. The van der Waals surface area contributed by atoms with Gasteiger partial charge in [-0.25, -0.2) is 8.42 Å². The first-order chi connectivity index (χ1) is 13.9. The molecule has 0 unspecified atom stereocenters. The van der Waals surface area contributed by atoms with Crippen molar-refractivity contribution in [3.8, 4) is 5.75 Å². The minimum absolute atomic E-state index is 0.0201. The van der Waals surface area contributed by atoms with Gasteiger partial charge in [0.15, 0.2) is 16.4 Å². The topological polar surface area (TPSA) is 92.8 Å². The molecule has 1 aliphatic heterocycles. The smallest absolute Gasteiger partial charge is 0.260 e. The van der Waals surface area contributed by atoms with Gasteiger partial charge in [0.1, 0.15) is 5.75 Å². The van der Waals surface area contributed by atoms with Gasteiger partial charge < -0.3 is 15.0 Å². The van der Waals surface area contributed by atoms with Gasteiger partial charge in [0.2, 0.25) is 0 Å². The van der Waals surface area contributed by atoms with Crippen LogP contribution < -0.4 is 10.1 Å². The Balaban J connectivity index is 1.58. The van der Waals surface area contributed by atoms with E-state index in [0.717, 1.165) is 5.56 Å². The first-order valence-corrected chi connectivity index (χ1v) is 11.2. The third-order valence-electron chi connectivity index (χ3n) is 4.93. The van der Waals surface area contributed by atoms with Crippen molar-refractivity contribution in [1.82, 2.24) is 10.2 Å². The lowest BCUT2D eigenvalue weighted by atomic mass is 10.1. The van der Waals surface area contributed by atoms with Crippen LogP contribution in [-0.2, 0) is 21.2 Å². The van der Waals surface area contributed by atoms with E-state index in [0.29, 0.717) is 24.3 Å². The van der Waals surface area contributed by atoms with Gasteiger partial charge in [-0.2, -0.15) is 0 Å². The summed E-state index contributed by atoms with van der Waals surface area (Å²) in [6, 6.07) is 15.9. The quantitative estimate of drug-likeness (QED) is 0.741. The van der Waals surface area contributed by atoms with Crippen LogP contribution in [0.1, 0.15) is 22.3 Å². The summed E-state index contributed by atoms with van der Waals surface area (Å²) in [5, 5.41) is 2.84. The van der Waals surface area contributed by atoms with Crippen LogP contribution >= 0.6 is 0 Å². The number of sulfone groups is 1. The summed E-state index contributed by atoms with van der Waals surface area (Å²) in [5.74, 6) is -0.244. The molecule has 0 spiro atoms. The molecule has 8 heteroatoms. The summed E-state index contributed by atoms with van der Waals surface area (Å²) >= 11 is 0. The maximum absolute atomic E-state index is 12.5. The van der Waals surface area contributed by atoms with Crippen molar-refractivity contribution in [1.29, 1.82) is 0 Å². The van der Waals surface area contributed by atoms with E-state index < -0.39 is 9.84 Å². The molecule has 7 nitrogen and oxygen atoms in total. The Morgan fingerprint density at radius 3 is 2.48 bits per heavy atom. The number of ether oxygens (including phenoxy) is 1. The molecular weight excluding hydrogens is 392 g/mol. The van der Waals surface area contributed by atoms with Crippen LogP contribution in [0.5, 0.6) is 5.75 Å². The Hall–Kier alpha value is -2.87. The van der Waals surface area contributed by atoms with Crippen LogP contribution in [0.3, 0.4) is 0 Å². The molecule has 2 aromatic carbocycles. The van der Waals surface area contributed by atoms with Crippen molar-refractivity contribution in [2.75, 3.05) is 25.2 Å². The van der Waals surface area contributed by atoms with Crippen molar-refractivity contribution < 1.29 is 22.7 Å². The predicted octanol–water partition coefficient (Wildman–Crippen LogP) is 1.64. The number of hydrogen-bond donors (Lipinski definition) is 1. The second-order valence-electron chi connectivity index (χ2n) is 7.01. The first-order valence-electron chi connectivity index (χ1n) is 9.36. The van der Waals surface area contributed by atoms with E-state index in [2.05, 4.69) is 5.32 Å². The van der Waals surface area contributed by atoms with Gasteiger partial charge in [0, 0.05) is 19.6 Å². The third kappa shape index (κ3) is 5.57. The summed E-state index contributed by atoms with van der Waals surface area (Å²) in [5.41, 5.74) is 1.31. The molecular formula is C21H24N2O5S. The number of hydrogen-bond acceptors (Lipinski definition) is 5. The van der Waals surface area contributed by atoms with E-state index in [1.54, 1.807) is 31.3 Å². The highest BCUT2D eigenvalue weighted by atomic mass is 32.2. The molecule has 2 aromatic rings. The lowest BCUT2D eigenvalue weighted by molar-refractivity contribution is -0.133. The standard InChI is InChI=1S/C21H24N2O5S/c1-23(17-11-12-29(26,27)15-17)20(24)14-28-19-10-6-5-9-18(19)21(25)22-13-16-7-3-2-4-8-16/h2-10,17H,11-15H2,1H3,(H,22,25)/t17-/m1/s1. The van der Waals surface area contributed by atoms with Crippen LogP contribution in [0.25, 0.3) is 0 Å². The van der Waals surface area contributed by atoms with E-state index >= 15 is 0 Å². The van der Waals surface area contributed by atoms with Crippen LogP contribution in [0.2, 0.25) is 0 Å². The Labute approximate surface area is 170 Å². The predicted molar refractivity (Wildman–Crippen MR) is 109 cm³/mol. The molecule has 1 N–H and O–H groups in total. The molecule has 1 atom stereocenters. The fourth-order valence-corrected chi connectivity index (χ4v) is 4.95. The Kier molecular flexibility index (Phi) is 6.53. The fraction of sp³-hybridized carbons (Fsp3) is 0.333. The van der Waals surface area contributed by atoms with E-state index in [9.17, 15) is 18.0 Å². The number of benzene rings is 2. The second-order valence-corrected chi connectivity index (χ2v) is 9.24. The maximum Gasteiger partial charge on any atom is 0.260 e. The molecule has 0 radical (unpaired) electrons. The van der Waals surface area contributed by atoms with Gasteiger partial charge in [-0.15, -0.1) is 0 Å². The number of para-hydroxylation sites is 1. The first kappa shape index (κ1) is 20.9. The SMILES string of the molecule is CN(C(=O)COc1ccccc1C(=O)NCc1ccccc1)[C@@H]1CCS(=O)(=O)C1. The molecule has 0 aromatic heterocycles.